The predicted molar refractivity (Wildman–Crippen MR) is 76.2 cm³/mol. The highest BCUT2D eigenvalue weighted by Crippen LogP contribution is 2.21. The van der Waals surface area contributed by atoms with Crippen molar-refractivity contribution in [1.82, 2.24) is 5.32 Å². The number of rotatable bonds is 5. The normalized spacial score (nSPS) is 22.4. The molecule has 4 heteroatoms. The molecule has 1 fully saturated rings. The van der Waals surface area contributed by atoms with Gasteiger partial charge in [-0.05, 0) is 37.8 Å². The number of hydrogen-bond donors (Lipinski definition) is 2. The van der Waals surface area contributed by atoms with Crippen molar-refractivity contribution >= 4 is 11.6 Å². The molecular weight excluding hydrogens is 240 g/mol. The maximum Gasteiger partial charge on any atom is 0.238 e. The lowest BCUT2D eigenvalue weighted by Crippen LogP contribution is -2.41. The molecule has 0 bridgehead atoms. The van der Waals surface area contributed by atoms with Crippen molar-refractivity contribution in [1.29, 1.82) is 0 Å². The number of hydrogen-bond acceptors (Lipinski definition) is 3. The summed E-state index contributed by atoms with van der Waals surface area (Å²) in [5.74, 6) is -0.00365. The molecule has 4 nitrogen and oxygen atoms in total. The van der Waals surface area contributed by atoms with E-state index in [-0.39, 0.29) is 12.0 Å². The van der Waals surface area contributed by atoms with Crippen LogP contribution in [0, 0.1) is 6.92 Å². The van der Waals surface area contributed by atoms with E-state index < -0.39 is 0 Å². The summed E-state index contributed by atoms with van der Waals surface area (Å²) < 4.78 is 5.40. The van der Waals surface area contributed by atoms with Gasteiger partial charge < -0.3 is 15.4 Å². The zero-order valence-corrected chi connectivity index (χ0v) is 11.6. The fourth-order valence-electron chi connectivity index (χ4n) is 2.57. The maximum atomic E-state index is 11.9. The SMILES string of the molecule is COC1CCCC1NCC(=O)Nc1ccccc1C. The van der Waals surface area contributed by atoms with Gasteiger partial charge in [0.15, 0.2) is 0 Å². The molecule has 2 unspecified atom stereocenters. The smallest absolute Gasteiger partial charge is 0.238 e. The third kappa shape index (κ3) is 3.78. The Hall–Kier alpha value is -1.39. The number of aryl methyl sites for hydroxylation is 1. The summed E-state index contributed by atoms with van der Waals surface area (Å²) in [7, 11) is 1.73. The number of carbonyl (C=O) groups excluding carboxylic acids is 1. The van der Waals surface area contributed by atoms with E-state index in [0.29, 0.717) is 12.6 Å². The molecule has 1 aliphatic rings. The first-order valence-corrected chi connectivity index (χ1v) is 6.82. The average Bonchev–Trinajstić information content (AvgIpc) is 2.86. The molecule has 1 aromatic carbocycles. The monoisotopic (exact) mass is 262 g/mol. The summed E-state index contributed by atoms with van der Waals surface area (Å²) in [5, 5.41) is 6.21. The fourth-order valence-corrected chi connectivity index (χ4v) is 2.57. The number of benzene rings is 1. The number of amides is 1. The van der Waals surface area contributed by atoms with Crippen molar-refractivity contribution in [2.45, 2.75) is 38.3 Å². The second kappa shape index (κ2) is 6.68. The molecule has 0 spiro atoms. The molecule has 0 aliphatic heterocycles. The molecule has 0 aromatic heterocycles. The molecule has 1 aromatic rings. The molecule has 1 saturated carbocycles. The Morgan fingerprint density at radius 1 is 1.37 bits per heavy atom. The highest BCUT2D eigenvalue weighted by Gasteiger charge is 2.26. The van der Waals surface area contributed by atoms with Crippen molar-refractivity contribution in [3.63, 3.8) is 0 Å². The van der Waals surface area contributed by atoms with Crippen molar-refractivity contribution in [3.05, 3.63) is 29.8 Å². The van der Waals surface area contributed by atoms with Gasteiger partial charge in [0.25, 0.3) is 0 Å². The van der Waals surface area contributed by atoms with Crippen LogP contribution in [-0.2, 0) is 9.53 Å². The molecule has 1 aliphatic carbocycles. The van der Waals surface area contributed by atoms with Gasteiger partial charge in [0.1, 0.15) is 0 Å². The van der Waals surface area contributed by atoms with Gasteiger partial charge in [-0.1, -0.05) is 18.2 Å². The molecular formula is C15H22N2O2. The van der Waals surface area contributed by atoms with Gasteiger partial charge in [-0.3, -0.25) is 4.79 Å². The number of para-hydroxylation sites is 1. The van der Waals surface area contributed by atoms with Crippen LogP contribution in [0.5, 0.6) is 0 Å². The first-order valence-electron chi connectivity index (χ1n) is 6.82. The lowest BCUT2D eigenvalue weighted by atomic mass is 10.2. The second-order valence-electron chi connectivity index (χ2n) is 5.06. The van der Waals surface area contributed by atoms with Crippen molar-refractivity contribution in [3.8, 4) is 0 Å². The van der Waals surface area contributed by atoms with Crippen LogP contribution in [0.4, 0.5) is 5.69 Å². The third-order valence-electron chi connectivity index (χ3n) is 3.70. The van der Waals surface area contributed by atoms with Gasteiger partial charge in [-0.15, -0.1) is 0 Å². The molecule has 2 rings (SSSR count). The van der Waals surface area contributed by atoms with Gasteiger partial charge >= 0.3 is 0 Å². The van der Waals surface area contributed by atoms with Gasteiger partial charge in [0, 0.05) is 18.8 Å². The van der Waals surface area contributed by atoms with E-state index in [1.54, 1.807) is 7.11 Å². The van der Waals surface area contributed by atoms with Crippen LogP contribution in [0.2, 0.25) is 0 Å². The summed E-state index contributed by atoms with van der Waals surface area (Å²) >= 11 is 0. The molecule has 0 heterocycles. The van der Waals surface area contributed by atoms with E-state index in [9.17, 15) is 4.79 Å². The van der Waals surface area contributed by atoms with Crippen LogP contribution in [0.1, 0.15) is 24.8 Å². The zero-order chi connectivity index (χ0) is 13.7. The number of carbonyl (C=O) groups is 1. The Kier molecular flexibility index (Phi) is 4.93. The van der Waals surface area contributed by atoms with E-state index in [0.717, 1.165) is 30.5 Å². The Morgan fingerprint density at radius 3 is 2.89 bits per heavy atom. The number of nitrogens with one attached hydrogen (secondary N) is 2. The molecule has 104 valence electrons. The molecule has 1 amide bonds. The van der Waals surface area contributed by atoms with E-state index in [4.69, 9.17) is 4.74 Å². The molecule has 0 saturated heterocycles. The second-order valence-corrected chi connectivity index (χ2v) is 5.06. The minimum Gasteiger partial charge on any atom is -0.380 e. The minimum atomic E-state index is -0.00365. The average molecular weight is 262 g/mol. The van der Waals surface area contributed by atoms with E-state index in [1.165, 1.54) is 0 Å². The first kappa shape index (κ1) is 14.0. The number of ether oxygens (including phenoxy) is 1. The first-order chi connectivity index (χ1) is 9.20. The summed E-state index contributed by atoms with van der Waals surface area (Å²) in [4.78, 5) is 11.9. The summed E-state index contributed by atoms with van der Waals surface area (Å²) in [5.41, 5.74) is 1.95. The van der Waals surface area contributed by atoms with Crippen molar-refractivity contribution < 1.29 is 9.53 Å². The molecule has 19 heavy (non-hydrogen) atoms. The van der Waals surface area contributed by atoms with Gasteiger partial charge in [-0.25, -0.2) is 0 Å². The zero-order valence-electron chi connectivity index (χ0n) is 11.6. The Bertz CT molecular complexity index is 434. The lowest BCUT2D eigenvalue weighted by Gasteiger charge is -2.19. The Balaban J connectivity index is 1.80. The minimum absolute atomic E-state index is 0.00365. The van der Waals surface area contributed by atoms with Gasteiger partial charge in [0.05, 0.1) is 12.6 Å². The number of methoxy groups -OCH3 is 1. The van der Waals surface area contributed by atoms with E-state index in [2.05, 4.69) is 10.6 Å². The number of anilines is 1. The van der Waals surface area contributed by atoms with Gasteiger partial charge in [0.2, 0.25) is 5.91 Å². The Labute approximate surface area is 114 Å². The van der Waals surface area contributed by atoms with E-state index >= 15 is 0 Å². The molecule has 2 N–H and O–H groups in total. The lowest BCUT2D eigenvalue weighted by molar-refractivity contribution is -0.115. The van der Waals surface area contributed by atoms with Crippen LogP contribution in [0.3, 0.4) is 0 Å². The van der Waals surface area contributed by atoms with Crippen LogP contribution in [-0.4, -0.2) is 31.7 Å². The van der Waals surface area contributed by atoms with Crippen LogP contribution >= 0.6 is 0 Å². The van der Waals surface area contributed by atoms with Crippen LogP contribution in [0.15, 0.2) is 24.3 Å². The standard InChI is InChI=1S/C15H22N2O2/c1-11-6-3-4-7-12(11)17-15(18)10-16-13-8-5-9-14(13)19-2/h3-4,6-7,13-14,16H,5,8-10H2,1-2H3,(H,17,18). The Morgan fingerprint density at radius 2 is 2.16 bits per heavy atom. The topological polar surface area (TPSA) is 50.4 Å². The highest BCUT2D eigenvalue weighted by molar-refractivity contribution is 5.92. The summed E-state index contributed by atoms with van der Waals surface area (Å²) in [6.07, 6.45) is 3.56. The van der Waals surface area contributed by atoms with E-state index in [1.807, 2.05) is 31.2 Å². The van der Waals surface area contributed by atoms with Crippen molar-refractivity contribution in [2.24, 2.45) is 0 Å². The summed E-state index contributed by atoms with van der Waals surface area (Å²) in [6.45, 7) is 2.32. The molecule has 0 radical (unpaired) electrons. The van der Waals surface area contributed by atoms with Crippen molar-refractivity contribution in [2.75, 3.05) is 19.0 Å². The molecule has 2 atom stereocenters. The quantitative estimate of drug-likeness (QED) is 0.854. The fraction of sp³-hybridized carbons (Fsp3) is 0.533. The maximum absolute atomic E-state index is 11.9. The third-order valence-corrected chi connectivity index (χ3v) is 3.70. The highest BCUT2D eigenvalue weighted by atomic mass is 16.5. The predicted octanol–water partition coefficient (Wildman–Crippen LogP) is 2.09. The summed E-state index contributed by atoms with van der Waals surface area (Å²) in [6, 6.07) is 8.09. The van der Waals surface area contributed by atoms with Crippen LogP contribution in [0.25, 0.3) is 0 Å². The largest absolute Gasteiger partial charge is 0.380 e. The van der Waals surface area contributed by atoms with Crippen LogP contribution < -0.4 is 10.6 Å². The van der Waals surface area contributed by atoms with Gasteiger partial charge in [-0.2, -0.15) is 0 Å².